The van der Waals surface area contributed by atoms with Crippen molar-refractivity contribution in [3.63, 3.8) is 0 Å². The van der Waals surface area contributed by atoms with Crippen LogP contribution in [0.25, 0.3) is 0 Å². The van der Waals surface area contributed by atoms with Crippen molar-refractivity contribution in [3.8, 4) is 11.5 Å². The number of ether oxygens (including phenoxy) is 2. The highest BCUT2D eigenvalue weighted by Gasteiger charge is 2.17. The molecule has 2 aromatic rings. The van der Waals surface area contributed by atoms with E-state index in [1.54, 1.807) is 14.2 Å². The smallest absolute Gasteiger partial charge is 0.133 e. The third kappa shape index (κ3) is 3.30. The molecule has 20 heavy (non-hydrogen) atoms. The minimum absolute atomic E-state index is 0.301. The van der Waals surface area contributed by atoms with Gasteiger partial charge in [0.05, 0.1) is 24.1 Å². The molecule has 106 valence electrons. The summed E-state index contributed by atoms with van der Waals surface area (Å²) in [4.78, 5) is 0. The summed E-state index contributed by atoms with van der Waals surface area (Å²) < 4.78 is 12.4. The standard InChI is InChI=1S/C15H13Br2ClO2/c1-19-13-6-4-10(16)8-11(13)15(18)9-3-5-14(20-2)12(17)7-9/h3-8,15H,1-2H3. The lowest BCUT2D eigenvalue weighted by Crippen LogP contribution is -1.98. The van der Waals surface area contributed by atoms with E-state index in [1.165, 1.54) is 0 Å². The first-order valence-corrected chi connectivity index (χ1v) is 7.90. The van der Waals surface area contributed by atoms with Crippen LogP contribution in [0.4, 0.5) is 0 Å². The second-order valence-electron chi connectivity index (χ2n) is 4.14. The Hall–Kier alpha value is -0.710. The Labute approximate surface area is 140 Å². The van der Waals surface area contributed by atoms with E-state index in [0.29, 0.717) is 0 Å². The summed E-state index contributed by atoms with van der Waals surface area (Å²) in [6.45, 7) is 0. The van der Waals surface area contributed by atoms with Crippen LogP contribution >= 0.6 is 43.5 Å². The van der Waals surface area contributed by atoms with Gasteiger partial charge in [-0.05, 0) is 51.8 Å². The van der Waals surface area contributed by atoms with E-state index in [0.717, 1.165) is 31.6 Å². The third-order valence-electron chi connectivity index (χ3n) is 2.93. The molecule has 1 unspecified atom stereocenters. The largest absolute Gasteiger partial charge is 0.496 e. The predicted molar refractivity (Wildman–Crippen MR) is 89.1 cm³/mol. The van der Waals surface area contributed by atoms with Gasteiger partial charge >= 0.3 is 0 Å². The number of methoxy groups -OCH3 is 2. The van der Waals surface area contributed by atoms with Gasteiger partial charge in [-0.1, -0.05) is 22.0 Å². The molecule has 0 heterocycles. The molecule has 0 spiro atoms. The summed E-state index contributed by atoms with van der Waals surface area (Å²) in [5.41, 5.74) is 1.89. The Morgan fingerprint density at radius 3 is 2.20 bits per heavy atom. The van der Waals surface area contributed by atoms with Crippen LogP contribution in [-0.4, -0.2) is 14.2 Å². The molecule has 0 fully saturated rings. The highest BCUT2D eigenvalue weighted by Crippen LogP contribution is 2.39. The Morgan fingerprint density at radius 1 is 0.950 bits per heavy atom. The lowest BCUT2D eigenvalue weighted by atomic mass is 10.0. The van der Waals surface area contributed by atoms with Crippen molar-refractivity contribution in [3.05, 3.63) is 56.5 Å². The Kier molecular flexibility index (Phi) is 5.35. The maximum atomic E-state index is 6.59. The number of halogens is 3. The lowest BCUT2D eigenvalue weighted by molar-refractivity contribution is 0.409. The second kappa shape index (κ2) is 6.83. The molecule has 0 amide bonds. The van der Waals surface area contributed by atoms with Gasteiger partial charge in [0.15, 0.2) is 0 Å². The fraction of sp³-hybridized carbons (Fsp3) is 0.200. The van der Waals surface area contributed by atoms with Crippen LogP contribution in [0.2, 0.25) is 0 Å². The summed E-state index contributed by atoms with van der Waals surface area (Å²) in [5, 5.41) is -0.301. The SMILES string of the molecule is COc1ccc(C(Cl)c2cc(Br)ccc2OC)cc1Br. The Morgan fingerprint density at radius 2 is 1.60 bits per heavy atom. The van der Waals surface area contributed by atoms with E-state index in [9.17, 15) is 0 Å². The lowest BCUT2D eigenvalue weighted by Gasteiger charge is -2.16. The van der Waals surface area contributed by atoms with E-state index < -0.39 is 0 Å². The normalized spacial score (nSPS) is 12.1. The van der Waals surface area contributed by atoms with E-state index in [2.05, 4.69) is 31.9 Å². The molecule has 2 rings (SSSR count). The van der Waals surface area contributed by atoms with Crippen molar-refractivity contribution in [1.29, 1.82) is 0 Å². The van der Waals surface area contributed by atoms with Crippen molar-refractivity contribution < 1.29 is 9.47 Å². The molecule has 0 saturated carbocycles. The predicted octanol–water partition coefficient (Wildman–Crippen LogP) is 5.56. The van der Waals surface area contributed by atoms with E-state index in [-0.39, 0.29) is 5.38 Å². The zero-order valence-electron chi connectivity index (χ0n) is 11.0. The summed E-state index contributed by atoms with van der Waals surface area (Å²) in [7, 11) is 3.27. The topological polar surface area (TPSA) is 18.5 Å². The molecule has 0 saturated heterocycles. The number of hydrogen-bond donors (Lipinski definition) is 0. The van der Waals surface area contributed by atoms with Gasteiger partial charge in [-0.15, -0.1) is 11.6 Å². The van der Waals surface area contributed by atoms with Crippen molar-refractivity contribution in [1.82, 2.24) is 0 Å². The summed E-state index contributed by atoms with van der Waals surface area (Å²) in [6.07, 6.45) is 0. The fourth-order valence-corrected chi connectivity index (χ4v) is 3.17. The van der Waals surface area contributed by atoms with Crippen LogP contribution in [-0.2, 0) is 0 Å². The van der Waals surface area contributed by atoms with Gasteiger partial charge in [0.1, 0.15) is 11.5 Å². The molecule has 0 aliphatic carbocycles. The molecule has 0 bridgehead atoms. The van der Waals surface area contributed by atoms with Crippen LogP contribution in [0.15, 0.2) is 45.3 Å². The molecule has 1 atom stereocenters. The first-order chi connectivity index (χ1) is 9.56. The first kappa shape index (κ1) is 15.7. The van der Waals surface area contributed by atoms with Crippen LogP contribution < -0.4 is 9.47 Å². The quantitative estimate of drug-likeness (QED) is 0.603. The fourth-order valence-electron chi connectivity index (χ4n) is 1.92. The minimum Gasteiger partial charge on any atom is -0.496 e. The molecule has 2 nitrogen and oxygen atoms in total. The minimum atomic E-state index is -0.301. The number of hydrogen-bond acceptors (Lipinski definition) is 2. The highest BCUT2D eigenvalue weighted by atomic mass is 79.9. The third-order valence-corrected chi connectivity index (χ3v) is 4.53. The van der Waals surface area contributed by atoms with Crippen LogP contribution in [0.3, 0.4) is 0 Å². The van der Waals surface area contributed by atoms with Crippen molar-refractivity contribution in [2.45, 2.75) is 5.38 Å². The molecule has 0 aromatic heterocycles. The number of rotatable bonds is 4. The zero-order valence-corrected chi connectivity index (χ0v) is 14.9. The van der Waals surface area contributed by atoms with E-state index in [1.807, 2.05) is 36.4 Å². The molecular formula is C15H13Br2ClO2. The average molecular weight is 421 g/mol. The first-order valence-electron chi connectivity index (χ1n) is 5.87. The van der Waals surface area contributed by atoms with Crippen LogP contribution in [0.1, 0.15) is 16.5 Å². The Balaban J connectivity index is 2.43. The highest BCUT2D eigenvalue weighted by molar-refractivity contribution is 9.10. The summed E-state index contributed by atoms with van der Waals surface area (Å²) in [6, 6.07) is 11.6. The average Bonchev–Trinajstić information content (AvgIpc) is 2.46. The maximum absolute atomic E-state index is 6.59. The van der Waals surface area contributed by atoms with Crippen molar-refractivity contribution in [2.24, 2.45) is 0 Å². The van der Waals surface area contributed by atoms with Gasteiger partial charge < -0.3 is 9.47 Å². The molecule has 0 radical (unpaired) electrons. The van der Waals surface area contributed by atoms with E-state index in [4.69, 9.17) is 21.1 Å². The van der Waals surface area contributed by atoms with Gasteiger partial charge in [-0.3, -0.25) is 0 Å². The van der Waals surface area contributed by atoms with Crippen molar-refractivity contribution >= 4 is 43.5 Å². The summed E-state index contributed by atoms with van der Waals surface area (Å²) in [5.74, 6) is 1.54. The summed E-state index contributed by atoms with van der Waals surface area (Å²) >= 11 is 13.5. The van der Waals surface area contributed by atoms with Crippen LogP contribution in [0.5, 0.6) is 11.5 Å². The molecular weight excluding hydrogens is 407 g/mol. The van der Waals surface area contributed by atoms with Gasteiger partial charge in [-0.2, -0.15) is 0 Å². The van der Waals surface area contributed by atoms with Gasteiger partial charge in [0, 0.05) is 10.0 Å². The van der Waals surface area contributed by atoms with Crippen molar-refractivity contribution in [2.75, 3.05) is 14.2 Å². The Bertz CT molecular complexity index is 617. The van der Waals surface area contributed by atoms with Gasteiger partial charge in [0.25, 0.3) is 0 Å². The molecule has 2 aromatic carbocycles. The number of benzene rings is 2. The van der Waals surface area contributed by atoms with Crippen LogP contribution in [0, 0.1) is 0 Å². The molecule has 5 heteroatoms. The van der Waals surface area contributed by atoms with E-state index >= 15 is 0 Å². The molecule has 0 aliphatic heterocycles. The zero-order chi connectivity index (χ0) is 14.7. The second-order valence-corrected chi connectivity index (χ2v) is 6.35. The molecule has 0 N–H and O–H groups in total. The monoisotopic (exact) mass is 418 g/mol. The number of alkyl halides is 1. The molecule has 0 aliphatic rings. The van der Waals surface area contributed by atoms with Gasteiger partial charge in [-0.25, -0.2) is 0 Å². The van der Waals surface area contributed by atoms with Gasteiger partial charge in [0.2, 0.25) is 0 Å². The maximum Gasteiger partial charge on any atom is 0.133 e.